The first-order valence-corrected chi connectivity index (χ1v) is 5.15. The molecule has 1 rings (SSSR count). The van der Waals surface area contributed by atoms with Crippen molar-refractivity contribution in [2.75, 3.05) is 5.32 Å². The lowest BCUT2D eigenvalue weighted by Gasteiger charge is -2.11. The summed E-state index contributed by atoms with van der Waals surface area (Å²) < 4.78 is 0.511. The molecule has 0 saturated carbocycles. The fourth-order valence-corrected chi connectivity index (χ4v) is 1.93. The van der Waals surface area contributed by atoms with E-state index in [1.54, 1.807) is 12.1 Å². The Bertz CT molecular complexity index is 378. The number of carbonyl (C=O) groups is 2. The molecule has 1 atom stereocenters. The van der Waals surface area contributed by atoms with Crippen molar-refractivity contribution in [1.82, 2.24) is 0 Å². The third-order valence-electron chi connectivity index (χ3n) is 1.57. The summed E-state index contributed by atoms with van der Waals surface area (Å²) in [7, 11) is 0. The summed E-state index contributed by atoms with van der Waals surface area (Å²) in [5, 5.41) is 20.3. The van der Waals surface area contributed by atoms with Crippen molar-refractivity contribution in [3.63, 3.8) is 0 Å². The lowest BCUT2D eigenvalue weighted by atomic mass is 10.2. The summed E-state index contributed by atoms with van der Waals surface area (Å²) >= 11 is 6.80. The Kier molecular flexibility index (Phi) is 3.93. The highest BCUT2D eigenvalue weighted by atomic mass is 35.5. The van der Waals surface area contributed by atoms with Gasteiger partial charge in [-0.05, 0) is 12.1 Å². The van der Waals surface area contributed by atoms with Crippen molar-refractivity contribution >= 4 is 39.9 Å². The SMILES string of the molecule is O=C(O)CC(Nc1ccc(Cl)s1)C(=O)O. The molecule has 1 aromatic rings. The minimum Gasteiger partial charge on any atom is -0.481 e. The average molecular weight is 250 g/mol. The molecule has 1 unspecified atom stereocenters. The van der Waals surface area contributed by atoms with Gasteiger partial charge in [-0.2, -0.15) is 0 Å². The molecule has 0 fully saturated rings. The normalized spacial score (nSPS) is 12.1. The van der Waals surface area contributed by atoms with E-state index in [-0.39, 0.29) is 0 Å². The second-order valence-corrected chi connectivity index (χ2v) is 4.45. The van der Waals surface area contributed by atoms with Crippen LogP contribution >= 0.6 is 22.9 Å². The Hall–Kier alpha value is -1.27. The summed E-state index contributed by atoms with van der Waals surface area (Å²) in [6, 6.07) is 2.07. The van der Waals surface area contributed by atoms with Crippen LogP contribution in [0.3, 0.4) is 0 Å². The highest BCUT2D eigenvalue weighted by Crippen LogP contribution is 2.26. The molecule has 0 aliphatic heterocycles. The van der Waals surface area contributed by atoms with E-state index < -0.39 is 24.4 Å². The standard InChI is InChI=1S/C8H8ClNO4S/c9-5-1-2-6(15-5)10-4(8(13)14)3-7(11)12/h1-2,4,10H,3H2,(H,11,12)(H,13,14). The fourth-order valence-electron chi connectivity index (χ4n) is 0.938. The van der Waals surface area contributed by atoms with Crippen LogP contribution in [0.4, 0.5) is 5.00 Å². The molecule has 0 aliphatic rings. The molecule has 5 nitrogen and oxygen atoms in total. The smallest absolute Gasteiger partial charge is 0.326 e. The molecule has 82 valence electrons. The first-order chi connectivity index (χ1) is 6.99. The number of nitrogens with one attached hydrogen (secondary N) is 1. The Labute approximate surface area is 94.3 Å². The van der Waals surface area contributed by atoms with Crippen LogP contribution in [0.15, 0.2) is 12.1 Å². The first kappa shape index (κ1) is 11.8. The molecule has 0 saturated heterocycles. The van der Waals surface area contributed by atoms with Gasteiger partial charge in [-0.25, -0.2) is 4.79 Å². The lowest BCUT2D eigenvalue weighted by Crippen LogP contribution is -2.31. The third-order valence-corrected chi connectivity index (χ3v) is 2.73. The number of halogens is 1. The molecular weight excluding hydrogens is 242 g/mol. The van der Waals surface area contributed by atoms with E-state index in [4.69, 9.17) is 21.8 Å². The highest BCUT2D eigenvalue weighted by molar-refractivity contribution is 7.19. The lowest BCUT2D eigenvalue weighted by molar-refractivity contribution is -0.144. The molecule has 0 aromatic carbocycles. The molecule has 7 heteroatoms. The maximum atomic E-state index is 10.7. The molecule has 0 aliphatic carbocycles. The minimum atomic E-state index is -1.21. The van der Waals surface area contributed by atoms with Gasteiger partial charge >= 0.3 is 11.9 Å². The van der Waals surface area contributed by atoms with Crippen LogP contribution < -0.4 is 5.32 Å². The predicted octanol–water partition coefficient (Wildman–Crippen LogP) is 1.74. The van der Waals surface area contributed by atoms with Gasteiger partial charge in [-0.1, -0.05) is 11.6 Å². The highest BCUT2D eigenvalue weighted by Gasteiger charge is 2.21. The summed E-state index contributed by atoms with van der Waals surface area (Å²) in [6.45, 7) is 0. The maximum Gasteiger partial charge on any atom is 0.326 e. The third kappa shape index (κ3) is 3.77. The second-order valence-electron chi connectivity index (χ2n) is 2.74. The van der Waals surface area contributed by atoms with Crippen LogP contribution in [0.5, 0.6) is 0 Å². The Morgan fingerprint density at radius 1 is 1.47 bits per heavy atom. The second kappa shape index (κ2) is 4.99. The Morgan fingerprint density at radius 3 is 2.53 bits per heavy atom. The molecule has 0 radical (unpaired) electrons. The van der Waals surface area contributed by atoms with Gasteiger partial charge in [-0.15, -0.1) is 11.3 Å². The van der Waals surface area contributed by atoms with Gasteiger partial charge in [-0.3, -0.25) is 4.79 Å². The van der Waals surface area contributed by atoms with E-state index in [0.29, 0.717) is 9.34 Å². The molecule has 15 heavy (non-hydrogen) atoms. The van der Waals surface area contributed by atoms with Gasteiger partial charge in [0.2, 0.25) is 0 Å². The van der Waals surface area contributed by atoms with E-state index in [0.717, 1.165) is 11.3 Å². The number of carboxylic acid groups (broad SMARTS) is 2. The van der Waals surface area contributed by atoms with Crippen LogP contribution in [0.2, 0.25) is 4.34 Å². The maximum absolute atomic E-state index is 10.7. The molecule has 0 spiro atoms. The quantitative estimate of drug-likeness (QED) is 0.740. The summed E-state index contributed by atoms with van der Waals surface area (Å²) in [4.78, 5) is 21.1. The van der Waals surface area contributed by atoms with Crippen molar-refractivity contribution in [3.8, 4) is 0 Å². The summed E-state index contributed by atoms with van der Waals surface area (Å²) in [5.41, 5.74) is 0. The van der Waals surface area contributed by atoms with E-state index in [9.17, 15) is 9.59 Å². The molecule has 1 aromatic heterocycles. The van der Waals surface area contributed by atoms with Gasteiger partial charge in [0.1, 0.15) is 6.04 Å². The minimum absolute atomic E-state index is 0.481. The van der Waals surface area contributed by atoms with Gasteiger partial charge in [0.15, 0.2) is 0 Å². The van der Waals surface area contributed by atoms with E-state index in [1.807, 2.05) is 0 Å². The summed E-state index contributed by atoms with van der Waals surface area (Å²) in [5.74, 6) is -2.38. The van der Waals surface area contributed by atoms with Crippen LogP contribution in [0, 0.1) is 0 Å². The Balaban J connectivity index is 2.66. The molecule has 1 heterocycles. The van der Waals surface area contributed by atoms with Crippen molar-refractivity contribution < 1.29 is 19.8 Å². The van der Waals surface area contributed by atoms with Gasteiger partial charge < -0.3 is 15.5 Å². The van der Waals surface area contributed by atoms with Crippen molar-refractivity contribution in [1.29, 1.82) is 0 Å². The van der Waals surface area contributed by atoms with Gasteiger partial charge in [0, 0.05) is 0 Å². The van der Waals surface area contributed by atoms with Crippen molar-refractivity contribution in [3.05, 3.63) is 16.5 Å². The van der Waals surface area contributed by atoms with E-state index >= 15 is 0 Å². The van der Waals surface area contributed by atoms with Crippen molar-refractivity contribution in [2.45, 2.75) is 12.5 Å². The van der Waals surface area contributed by atoms with Crippen LogP contribution in [0.25, 0.3) is 0 Å². The number of carboxylic acids is 2. The zero-order valence-electron chi connectivity index (χ0n) is 7.44. The van der Waals surface area contributed by atoms with E-state index in [1.165, 1.54) is 0 Å². The Morgan fingerprint density at radius 2 is 2.13 bits per heavy atom. The molecule has 0 amide bonds. The fraction of sp³-hybridized carbons (Fsp3) is 0.250. The zero-order valence-corrected chi connectivity index (χ0v) is 9.01. The summed E-state index contributed by atoms with van der Waals surface area (Å²) in [6.07, 6.45) is -0.481. The van der Waals surface area contributed by atoms with Gasteiger partial charge in [0.25, 0.3) is 0 Å². The number of hydrogen-bond donors (Lipinski definition) is 3. The number of rotatable bonds is 5. The van der Waals surface area contributed by atoms with Crippen LogP contribution in [-0.2, 0) is 9.59 Å². The van der Waals surface area contributed by atoms with E-state index in [2.05, 4.69) is 5.32 Å². The number of aliphatic carboxylic acids is 2. The zero-order chi connectivity index (χ0) is 11.4. The molecule has 0 bridgehead atoms. The first-order valence-electron chi connectivity index (χ1n) is 3.95. The monoisotopic (exact) mass is 249 g/mol. The topological polar surface area (TPSA) is 86.6 Å². The molecule has 3 N–H and O–H groups in total. The van der Waals surface area contributed by atoms with Crippen LogP contribution in [0.1, 0.15) is 6.42 Å². The van der Waals surface area contributed by atoms with Crippen LogP contribution in [-0.4, -0.2) is 28.2 Å². The van der Waals surface area contributed by atoms with Crippen molar-refractivity contribution in [2.24, 2.45) is 0 Å². The van der Waals surface area contributed by atoms with Gasteiger partial charge in [0.05, 0.1) is 15.8 Å². The number of anilines is 1. The largest absolute Gasteiger partial charge is 0.481 e. The predicted molar refractivity (Wildman–Crippen MR) is 56.6 cm³/mol. The number of hydrogen-bond acceptors (Lipinski definition) is 4. The molecular formula is C8H8ClNO4S. The number of thiophene rings is 1. The average Bonchev–Trinajstić information content (AvgIpc) is 2.49.